The van der Waals surface area contributed by atoms with Gasteiger partial charge < -0.3 is 10.2 Å². The normalized spacial score (nSPS) is 11.6. The molecule has 0 fully saturated rings. The second-order valence-electron chi connectivity index (χ2n) is 5.00. The van der Waals surface area contributed by atoms with E-state index in [1.54, 1.807) is 0 Å². The molecule has 0 heterocycles. The lowest BCUT2D eigenvalue weighted by Crippen LogP contribution is -2.62. The van der Waals surface area contributed by atoms with Crippen molar-refractivity contribution >= 4 is 0 Å². The number of aliphatic hydroxyl groups is 2. The zero-order chi connectivity index (χ0) is 20.7. The van der Waals surface area contributed by atoms with Crippen molar-refractivity contribution < 1.29 is 34.9 Å². The highest BCUT2D eigenvalue weighted by Crippen LogP contribution is 2.23. The Bertz CT molecular complexity index is 522. The highest BCUT2D eigenvalue weighted by molar-refractivity contribution is 4.75. The van der Waals surface area contributed by atoms with Crippen LogP contribution in [-0.4, -0.2) is 77.6 Å². The van der Waals surface area contributed by atoms with Gasteiger partial charge in [0.2, 0.25) is 13.1 Å². The number of hydrogen-bond donors (Lipinski definition) is 2. The van der Waals surface area contributed by atoms with Crippen LogP contribution in [0, 0.1) is 50.6 Å². The van der Waals surface area contributed by atoms with Crippen molar-refractivity contribution in [3.05, 3.63) is 50.6 Å². The molecule has 0 saturated carbocycles. The van der Waals surface area contributed by atoms with Crippen LogP contribution in [0.3, 0.4) is 0 Å². The molecule has 18 nitrogen and oxygen atoms in total. The van der Waals surface area contributed by atoms with Gasteiger partial charge in [-0.15, -0.1) is 0 Å². The Balaban J connectivity index is 6.09. The predicted octanol–water partition coefficient (Wildman–Crippen LogP) is -2.26. The second kappa shape index (κ2) is 8.71. The number of hydrogen-bond acceptors (Lipinski definition) is 12. The molecular formula is C8H14N6O12. The summed E-state index contributed by atoms with van der Waals surface area (Å²) in [4.78, 5) is 49.2. The van der Waals surface area contributed by atoms with Crippen LogP contribution in [0.4, 0.5) is 0 Å². The van der Waals surface area contributed by atoms with Crippen molar-refractivity contribution in [2.75, 3.05) is 26.3 Å². The fourth-order valence-electron chi connectivity index (χ4n) is 2.00. The minimum Gasteiger partial charge on any atom is -0.396 e. The van der Waals surface area contributed by atoms with Crippen LogP contribution >= 0.6 is 0 Å². The molecule has 26 heavy (non-hydrogen) atoms. The summed E-state index contributed by atoms with van der Waals surface area (Å²) >= 11 is 0. The average Bonchev–Trinajstić information content (AvgIpc) is 2.51. The number of nitro groups is 5. The smallest absolute Gasteiger partial charge is 0.396 e. The molecule has 148 valence electrons. The Morgan fingerprint density at radius 3 is 1.08 bits per heavy atom. The second-order valence-corrected chi connectivity index (χ2v) is 5.00. The van der Waals surface area contributed by atoms with E-state index in [1.807, 2.05) is 0 Å². The van der Waals surface area contributed by atoms with Gasteiger partial charge in [0.25, 0.3) is 0 Å². The first-order valence-electron chi connectivity index (χ1n) is 6.60. The van der Waals surface area contributed by atoms with E-state index in [9.17, 15) is 50.6 Å². The molecule has 0 rings (SSSR count). The molecule has 0 spiro atoms. The van der Waals surface area contributed by atoms with Gasteiger partial charge in [-0.2, -0.15) is 0 Å². The standard InChI is InChI=1S/C8H14N6O12/c15-3-1-7(10(17)18,11(19)20)5-9(14(25)26)6-8(2-4-16,12(21)22)13(23)24/h15-16H,1-6H2. The zero-order valence-electron chi connectivity index (χ0n) is 12.9. The highest BCUT2D eigenvalue weighted by Gasteiger charge is 2.64. The minimum atomic E-state index is -3.33. The molecule has 18 heteroatoms. The van der Waals surface area contributed by atoms with Gasteiger partial charge in [0.05, 0.1) is 13.2 Å². The minimum absolute atomic E-state index is 0.414. The molecule has 0 aliphatic heterocycles. The Kier molecular flexibility index (Phi) is 7.61. The third kappa shape index (κ3) is 4.42. The van der Waals surface area contributed by atoms with Crippen molar-refractivity contribution in [3.8, 4) is 0 Å². The van der Waals surface area contributed by atoms with Crippen LogP contribution in [0.15, 0.2) is 0 Å². The van der Waals surface area contributed by atoms with Crippen LogP contribution in [0.25, 0.3) is 0 Å². The van der Waals surface area contributed by atoms with Gasteiger partial charge in [0.15, 0.2) is 5.03 Å². The Morgan fingerprint density at radius 1 is 0.654 bits per heavy atom. The predicted molar refractivity (Wildman–Crippen MR) is 75.4 cm³/mol. The molecule has 0 radical (unpaired) electrons. The van der Waals surface area contributed by atoms with E-state index < -0.39 is 80.2 Å². The maximum absolute atomic E-state index is 11.1. The van der Waals surface area contributed by atoms with Gasteiger partial charge in [0, 0.05) is 0 Å². The van der Waals surface area contributed by atoms with Gasteiger partial charge in [-0.3, -0.25) is 40.5 Å². The maximum atomic E-state index is 11.1. The quantitative estimate of drug-likeness (QED) is 0.192. The van der Waals surface area contributed by atoms with Crippen LogP contribution in [0.5, 0.6) is 0 Å². The molecule has 0 saturated heterocycles. The summed E-state index contributed by atoms with van der Waals surface area (Å²) in [5.41, 5.74) is -6.67. The van der Waals surface area contributed by atoms with E-state index in [0.717, 1.165) is 0 Å². The fourth-order valence-corrected chi connectivity index (χ4v) is 2.00. The third-order valence-electron chi connectivity index (χ3n) is 3.49. The lowest BCUT2D eigenvalue weighted by molar-refractivity contribution is -0.827. The van der Waals surface area contributed by atoms with Crippen LogP contribution in [-0.2, 0) is 0 Å². The molecule has 2 N–H and O–H groups in total. The first-order valence-corrected chi connectivity index (χ1v) is 6.60. The Morgan fingerprint density at radius 2 is 0.923 bits per heavy atom. The average molecular weight is 386 g/mol. The van der Waals surface area contributed by atoms with E-state index in [1.165, 1.54) is 0 Å². The SMILES string of the molecule is O=[N+]([O-])N(CC(CCO)([N+](=O)[O-])[N+](=O)[O-])CC(CCO)([N+](=O)[O-])[N+](=O)[O-]. The molecule has 0 unspecified atom stereocenters. The van der Waals surface area contributed by atoms with E-state index in [4.69, 9.17) is 10.2 Å². The van der Waals surface area contributed by atoms with E-state index in [0.29, 0.717) is 0 Å². The van der Waals surface area contributed by atoms with E-state index in [2.05, 4.69) is 0 Å². The Hall–Kier alpha value is -3.28. The molecule has 0 amide bonds. The largest absolute Gasteiger partial charge is 0.483 e. The lowest BCUT2D eigenvalue weighted by Gasteiger charge is -2.23. The van der Waals surface area contributed by atoms with Crippen LogP contribution in [0.1, 0.15) is 12.8 Å². The molecule has 0 aromatic rings. The molecule has 0 aromatic carbocycles. The monoisotopic (exact) mass is 386 g/mol. The van der Waals surface area contributed by atoms with Gasteiger partial charge in [-0.05, 0) is 0 Å². The van der Waals surface area contributed by atoms with Gasteiger partial charge in [-0.25, -0.2) is 10.1 Å². The number of aliphatic hydroxyl groups excluding tert-OH is 2. The maximum Gasteiger partial charge on any atom is 0.483 e. The molecule has 0 aliphatic carbocycles. The number of hydrazine groups is 1. The number of nitrogens with zero attached hydrogens (tertiary/aromatic N) is 6. The summed E-state index contributed by atoms with van der Waals surface area (Å²) < 4.78 is 0. The van der Waals surface area contributed by atoms with Gasteiger partial charge in [-0.1, -0.05) is 5.01 Å². The first-order chi connectivity index (χ1) is 11.9. The summed E-state index contributed by atoms with van der Waals surface area (Å²) in [7, 11) is 0. The number of rotatable bonds is 13. The van der Waals surface area contributed by atoms with Crippen molar-refractivity contribution in [3.63, 3.8) is 0 Å². The molecular weight excluding hydrogens is 372 g/mol. The van der Waals surface area contributed by atoms with E-state index in [-0.39, 0.29) is 0 Å². The van der Waals surface area contributed by atoms with Crippen molar-refractivity contribution in [2.24, 2.45) is 0 Å². The topological polar surface area (TPSA) is 259 Å². The van der Waals surface area contributed by atoms with Crippen LogP contribution < -0.4 is 0 Å². The molecule has 0 aliphatic rings. The summed E-state index contributed by atoms with van der Waals surface area (Å²) in [5.74, 6) is 0. The van der Waals surface area contributed by atoms with Gasteiger partial charge in [0.1, 0.15) is 32.5 Å². The molecule has 0 atom stereocenters. The summed E-state index contributed by atoms with van der Waals surface area (Å²) in [6, 6.07) is 0. The lowest BCUT2D eigenvalue weighted by atomic mass is 10.1. The van der Waals surface area contributed by atoms with Crippen LogP contribution in [0.2, 0.25) is 0 Å². The molecule has 0 bridgehead atoms. The van der Waals surface area contributed by atoms with Crippen molar-refractivity contribution in [2.45, 2.75) is 24.2 Å². The third-order valence-corrected chi connectivity index (χ3v) is 3.49. The van der Waals surface area contributed by atoms with Crippen molar-refractivity contribution in [1.82, 2.24) is 5.01 Å². The van der Waals surface area contributed by atoms with Gasteiger partial charge >= 0.3 is 11.3 Å². The van der Waals surface area contributed by atoms with E-state index >= 15 is 0 Å². The van der Waals surface area contributed by atoms with Crippen molar-refractivity contribution in [1.29, 1.82) is 0 Å². The summed E-state index contributed by atoms with van der Waals surface area (Å²) in [6.07, 6.45) is -2.39. The molecule has 0 aromatic heterocycles. The fraction of sp³-hybridized carbons (Fsp3) is 1.00. The zero-order valence-corrected chi connectivity index (χ0v) is 12.9. The highest BCUT2D eigenvalue weighted by atomic mass is 16.7. The summed E-state index contributed by atoms with van der Waals surface area (Å²) in [5, 5.41) is 71.0. The summed E-state index contributed by atoms with van der Waals surface area (Å²) in [6.45, 7) is -5.65. The first kappa shape index (κ1) is 22.7. The Labute approximate surface area is 142 Å².